The Kier molecular flexibility index (Phi) is 5.40. The van der Waals surface area contributed by atoms with Gasteiger partial charge in [0.1, 0.15) is 11.0 Å². The number of esters is 1. The SMILES string of the molecule is COC(=O)CCC(NC(=O)c1ccc([N+](=O)[O-])o1)C(=O)O. The van der Waals surface area contributed by atoms with Gasteiger partial charge in [0.2, 0.25) is 0 Å². The van der Waals surface area contributed by atoms with Gasteiger partial charge in [0, 0.05) is 6.42 Å². The summed E-state index contributed by atoms with van der Waals surface area (Å²) in [6.07, 6.45) is -0.386. The first kappa shape index (κ1) is 16.1. The number of carboxylic acid groups (broad SMARTS) is 1. The Balaban J connectivity index is 2.69. The number of carbonyl (C=O) groups excluding carboxylic acids is 2. The van der Waals surface area contributed by atoms with Crippen molar-refractivity contribution in [1.29, 1.82) is 0 Å². The molecule has 1 amide bonds. The fourth-order valence-electron chi connectivity index (χ4n) is 1.40. The molecule has 10 heteroatoms. The monoisotopic (exact) mass is 300 g/mol. The van der Waals surface area contributed by atoms with Gasteiger partial charge in [-0.3, -0.25) is 19.7 Å². The van der Waals surface area contributed by atoms with E-state index in [1.165, 1.54) is 0 Å². The van der Waals surface area contributed by atoms with E-state index in [2.05, 4.69) is 14.5 Å². The Hall–Kier alpha value is -2.91. The highest BCUT2D eigenvalue weighted by molar-refractivity contribution is 5.94. The lowest BCUT2D eigenvalue weighted by Gasteiger charge is -2.12. The zero-order chi connectivity index (χ0) is 16.0. The molecule has 1 aromatic heterocycles. The first-order valence-corrected chi connectivity index (χ1v) is 5.70. The van der Waals surface area contributed by atoms with Gasteiger partial charge in [-0.2, -0.15) is 0 Å². The predicted octanol–water partition coefficient (Wildman–Crippen LogP) is 0.324. The molecule has 114 valence electrons. The van der Waals surface area contributed by atoms with E-state index < -0.39 is 40.5 Å². The lowest BCUT2D eigenvalue weighted by atomic mass is 10.1. The fourth-order valence-corrected chi connectivity index (χ4v) is 1.40. The highest BCUT2D eigenvalue weighted by Gasteiger charge is 2.24. The molecule has 1 rings (SSSR count). The van der Waals surface area contributed by atoms with Gasteiger partial charge in [0.15, 0.2) is 5.76 Å². The summed E-state index contributed by atoms with van der Waals surface area (Å²) in [7, 11) is 1.15. The van der Waals surface area contributed by atoms with Crippen LogP contribution in [0.4, 0.5) is 5.88 Å². The molecule has 0 saturated heterocycles. The Labute approximate surface area is 117 Å². The van der Waals surface area contributed by atoms with Crippen molar-refractivity contribution in [2.45, 2.75) is 18.9 Å². The van der Waals surface area contributed by atoms with Crippen molar-refractivity contribution in [3.63, 3.8) is 0 Å². The zero-order valence-electron chi connectivity index (χ0n) is 10.9. The van der Waals surface area contributed by atoms with E-state index in [0.29, 0.717) is 0 Å². The quantitative estimate of drug-likeness (QED) is 0.415. The number of nitrogens with zero attached hydrogens (tertiary/aromatic N) is 1. The van der Waals surface area contributed by atoms with E-state index >= 15 is 0 Å². The summed E-state index contributed by atoms with van der Waals surface area (Å²) in [6, 6.07) is 0.673. The van der Waals surface area contributed by atoms with Crippen molar-refractivity contribution < 1.29 is 33.6 Å². The molecule has 1 unspecified atom stereocenters. The zero-order valence-corrected chi connectivity index (χ0v) is 10.9. The van der Waals surface area contributed by atoms with Gasteiger partial charge in [-0.05, 0) is 12.5 Å². The second-order valence-corrected chi connectivity index (χ2v) is 3.87. The van der Waals surface area contributed by atoms with Crippen LogP contribution in [0.15, 0.2) is 16.5 Å². The van der Waals surface area contributed by atoms with Gasteiger partial charge in [0.25, 0.3) is 5.91 Å². The van der Waals surface area contributed by atoms with Gasteiger partial charge in [-0.1, -0.05) is 0 Å². The van der Waals surface area contributed by atoms with Crippen molar-refractivity contribution in [2.24, 2.45) is 0 Å². The lowest BCUT2D eigenvalue weighted by Crippen LogP contribution is -2.41. The summed E-state index contributed by atoms with van der Waals surface area (Å²) in [5.74, 6) is -3.94. The molecule has 0 aromatic carbocycles. The van der Waals surface area contributed by atoms with Crippen LogP contribution in [0.2, 0.25) is 0 Å². The predicted molar refractivity (Wildman–Crippen MR) is 65.5 cm³/mol. The fraction of sp³-hybridized carbons (Fsp3) is 0.364. The van der Waals surface area contributed by atoms with Crippen molar-refractivity contribution in [1.82, 2.24) is 5.32 Å². The molecule has 1 aromatic rings. The first-order valence-electron chi connectivity index (χ1n) is 5.70. The molecule has 10 nitrogen and oxygen atoms in total. The number of amides is 1. The van der Waals surface area contributed by atoms with Crippen LogP contribution in [-0.2, 0) is 14.3 Å². The summed E-state index contributed by atoms with van der Waals surface area (Å²) >= 11 is 0. The number of furan rings is 1. The molecule has 0 aliphatic carbocycles. The van der Waals surface area contributed by atoms with Crippen LogP contribution in [-0.4, -0.2) is 41.0 Å². The number of hydrogen-bond acceptors (Lipinski definition) is 7. The molecule has 0 aliphatic heterocycles. The first-order chi connectivity index (χ1) is 9.85. The maximum Gasteiger partial charge on any atom is 0.433 e. The van der Waals surface area contributed by atoms with Crippen molar-refractivity contribution >= 4 is 23.7 Å². The van der Waals surface area contributed by atoms with Crippen LogP contribution in [0.5, 0.6) is 0 Å². The third kappa shape index (κ3) is 4.60. The molecule has 0 saturated carbocycles. The summed E-state index contributed by atoms with van der Waals surface area (Å²) < 4.78 is 9.00. The van der Waals surface area contributed by atoms with Crippen molar-refractivity contribution in [3.8, 4) is 0 Å². The lowest BCUT2D eigenvalue weighted by molar-refractivity contribution is -0.402. The molecule has 1 heterocycles. The number of rotatable bonds is 7. The van der Waals surface area contributed by atoms with Crippen LogP contribution in [0, 0.1) is 10.1 Å². The minimum Gasteiger partial charge on any atom is -0.480 e. The van der Waals surface area contributed by atoms with Gasteiger partial charge in [0.05, 0.1) is 13.2 Å². The average molecular weight is 300 g/mol. The van der Waals surface area contributed by atoms with Crippen LogP contribution >= 0.6 is 0 Å². The molecular weight excluding hydrogens is 288 g/mol. The number of ether oxygens (including phenoxy) is 1. The van der Waals surface area contributed by atoms with E-state index in [-0.39, 0.29) is 12.8 Å². The minimum absolute atomic E-state index is 0.184. The Morgan fingerprint density at radius 3 is 2.62 bits per heavy atom. The molecular formula is C11H12N2O8. The van der Waals surface area contributed by atoms with E-state index in [1.807, 2.05) is 0 Å². The van der Waals surface area contributed by atoms with Crippen molar-refractivity contribution in [2.75, 3.05) is 7.11 Å². The largest absolute Gasteiger partial charge is 0.480 e. The standard InChI is InChI=1S/C11H12N2O8/c1-20-9(14)5-2-6(11(16)17)12-10(15)7-3-4-8(21-7)13(18)19/h3-4,6H,2,5H2,1H3,(H,12,15)(H,16,17). The van der Waals surface area contributed by atoms with Gasteiger partial charge < -0.3 is 19.6 Å². The van der Waals surface area contributed by atoms with Gasteiger partial charge >= 0.3 is 17.8 Å². The second-order valence-electron chi connectivity index (χ2n) is 3.87. The molecule has 0 aliphatic rings. The maximum absolute atomic E-state index is 11.7. The smallest absolute Gasteiger partial charge is 0.433 e. The molecule has 0 bridgehead atoms. The number of nitrogens with one attached hydrogen (secondary N) is 1. The second kappa shape index (κ2) is 7.03. The van der Waals surface area contributed by atoms with Crippen LogP contribution < -0.4 is 5.32 Å². The van der Waals surface area contributed by atoms with E-state index in [1.54, 1.807) is 0 Å². The maximum atomic E-state index is 11.7. The average Bonchev–Trinajstić information content (AvgIpc) is 2.92. The Bertz CT molecular complexity index is 564. The molecule has 0 radical (unpaired) electrons. The van der Waals surface area contributed by atoms with Gasteiger partial charge in [-0.25, -0.2) is 4.79 Å². The summed E-state index contributed by atoms with van der Waals surface area (Å²) in [6.45, 7) is 0. The minimum atomic E-state index is -1.35. The van der Waals surface area contributed by atoms with Crippen LogP contribution in [0.3, 0.4) is 0 Å². The normalized spacial score (nSPS) is 11.5. The number of nitro groups is 1. The van der Waals surface area contributed by atoms with E-state index in [9.17, 15) is 24.5 Å². The summed E-state index contributed by atoms with van der Waals surface area (Å²) in [5, 5.41) is 21.5. The topological polar surface area (TPSA) is 149 Å². The molecule has 0 spiro atoms. The third-order valence-electron chi connectivity index (χ3n) is 2.46. The van der Waals surface area contributed by atoms with Crippen LogP contribution in [0.25, 0.3) is 0 Å². The number of hydrogen-bond donors (Lipinski definition) is 2. The molecule has 21 heavy (non-hydrogen) atoms. The number of aliphatic carboxylic acids is 1. The molecule has 1 atom stereocenters. The number of carboxylic acids is 1. The summed E-state index contributed by atoms with van der Waals surface area (Å²) in [4.78, 5) is 43.2. The molecule has 2 N–H and O–H groups in total. The van der Waals surface area contributed by atoms with Crippen LogP contribution in [0.1, 0.15) is 23.4 Å². The summed E-state index contributed by atoms with van der Waals surface area (Å²) in [5.41, 5.74) is 0. The van der Waals surface area contributed by atoms with Gasteiger partial charge in [-0.15, -0.1) is 0 Å². The number of methoxy groups -OCH3 is 1. The Morgan fingerprint density at radius 2 is 2.14 bits per heavy atom. The van der Waals surface area contributed by atoms with Crippen molar-refractivity contribution in [3.05, 3.63) is 28.0 Å². The van der Waals surface area contributed by atoms with E-state index in [4.69, 9.17) is 5.11 Å². The Morgan fingerprint density at radius 1 is 1.48 bits per heavy atom. The highest BCUT2D eigenvalue weighted by Crippen LogP contribution is 2.15. The third-order valence-corrected chi connectivity index (χ3v) is 2.46. The molecule has 0 fully saturated rings. The number of carbonyl (C=O) groups is 3. The highest BCUT2D eigenvalue weighted by atomic mass is 16.6. The van der Waals surface area contributed by atoms with E-state index in [0.717, 1.165) is 19.2 Å².